The minimum Gasteiger partial charge on any atom is -0.291 e. The average molecular weight is 272 g/mol. The first-order valence-corrected chi connectivity index (χ1v) is 7.54. The fraction of sp³-hybridized carbons (Fsp3) is 0.444. The van der Waals surface area contributed by atoms with Crippen molar-refractivity contribution in [1.29, 1.82) is 0 Å². The summed E-state index contributed by atoms with van der Waals surface area (Å²) in [6, 6.07) is 9.54. The van der Waals surface area contributed by atoms with Gasteiger partial charge in [-0.2, -0.15) is 0 Å². The Kier molecular flexibility index (Phi) is 8.28. The van der Waals surface area contributed by atoms with Crippen molar-refractivity contribution in [3.05, 3.63) is 42.0 Å². The summed E-state index contributed by atoms with van der Waals surface area (Å²) >= 11 is 0. The maximum Gasteiger partial charge on any atom is 0.221 e. The van der Waals surface area contributed by atoms with Gasteiger partial charge in [-0.3, -0.25) is 9.59 Å². The molecule has 0 amide bonds. The number of carbonyl (C=O) groups excluding carboxylic acids is 2. The van der Waals surface area contributed by atoms with Crippen LogP contribution < -0.4 is 0 Å². The molecule has 0 aliphatic heterocycles. The van der Waals surface area contributed by atoms with Crippen molar-refractivity contribution in [3.8, 4) is 0 Å². The number of unbranched alkanes of at least 4 members (excludes halogenated alkanes) is 5. The van der Waals surface area contributed by atoms with E-state index >= 15 is 0 Å². The fourth-order valence-corrected chi connectivity index (χ4v) is 2.02. The van der Waals surface area contributed by atoms with Gasteiger partial charge in [0.15, 0.2) is 0 Å². The van der Waals surface area contributed by atoms with E-state index in [1.165, 1.54) is 25.3 Å². The molecule has 0 atom stereocenters. The van der Waals surface area contributed by atoms with Gasteiger partial charge in [-0.1, -0.05) is 75.4 Å². The summed E-state index contributed by atoms with van der Waals surface area (Å²) in [7, 11) is 0. The van der Waals surface area contributed by atoms with Crippen molar-refractivity contribution >= 4 is 17.6 Å². The van der Waals surface area contributed by atoms with Gasteiger partial charge in [0.05, 0.1) is 0 Å². The highest BCUT2D eigenvalue weighted by Gasteiger charge is 2.09. The molecule has 0 heterocycles. The number of ketones is 2. The largest absolute Gasteiger partial charge is 0.291 e. The smallest absolute Gasteiger partial charge is 0.221 e. The second-order valence-electron chi connectivity index (χ2n) is 5.05. The Morgan fingerprint density at radius 1 is 0.950 bits per heavy atom. The molecule has 0 N–H and O–H groups in total. The molecule has 0 saturated heterocycles. The van der Waals surface area contributed by atoms with Gasteiger partial charge in [0.1, 0.15) is 0 Å². The Balaban J connectivity index is 2.23. The van der Waals surface area contributed by atoms with Crippen LogP contribution in [0, 0.1) is 0 Å². The van der Waals surface area contributed by atoms with Crippen molar-refractivity contribution < 1.29 is 9.59 Å². The maximum absolute atomic E-state index is 11.7. The third-order valence-corrected chi connectivity index (χ3v) is 3.26. The van der Waals surface area contributed by atoms with Crippen LogP contribution in [-0.4, -0.2) is 11.6 Å². The van der Waals surface area contributed by atoms with Gasteiger partial charge in [0.2, 0.25) is 11.6 Å². The SMILES string of the molecule is CCCCCCCCC(=O)C(=O)C=Cc1ccccc1. The molecular weight excluding hydrogens is 248 g/mol. The molecule has 0 unspecified atom stereocenters. The lowest BCUT2D eigenvalue weighted by atomic mass is 10.1. The number of hydrogen-bond donors (Lipinski definition) is 0. The van der Waals surface area contributed by atoms with Crippen molar-refractivity contribution in [3.63, 3.8) is 0 Å². The highest BCUT2D eigenvalue weighted by molar-refractivity contribution is 6.42. The second kappa shape index (κ2) is 10.1. The summed E-state index contributed by atoms with van der Waals surface area (Å²) in [5, 5.41) is 0. The number of carbonyl (C=O) groups is 2. The van der Waals surface area contributed by atoms with E-state index in [1.807, 2.05) is 30.3 Å². The Hall–Kier alpha value is -1.70. The number of rotatable bonds is 10. The molecule has 0 bridgehead atoms. The minimum atomic E-state index is -0.387. The van der Waals surface area contributed by atoms with E-state index in [0.29, 0.717) is 6.42 Å². The zero-order valence-electron chi connectivity index (χ0n) is 12.3. The molecule has 1 aromatic carbocycles. The van der Waals surface area contributed by atoms with Crippen LogP contribution in [0.3, 0.4) is 0 Å². The monoisotopic (exact) mass is 272 g/mol. The van der Waals surface area contributed by atoms with E-state index in [4.69, 9.17) is 0 Å². The summed E-state index contributed by atoms with van der Waals surface area (Å²) in [6.07, 6.45) is 10.2. The Bertz CT molecular complexity index is 432. The Labute approximate surface area is 121 Å². The molecule has 0 saturated carbocycles. The van der Waals surface area contributed by atoms with Crippen LogP contribution in [-0.2, 0) is 9.59 Å². The number of hydrogen-bond acceptors (Lipinski definition) is 2. The highest BCUT2D eigenvalue weighted by atomic mass is 16.2. The van der Waals surface area contributed by atoms with Gasteiger partial charge < -0.3 is 0 Å². The first-order chi connectivity index (χ1) is 9.74. The van der Waals surface area contributed by atoms with Crippen LogP contribution >= 0.6 is 0 Å². The van der Waals surface area contributed by atoms with Crippen molar-refractivity contribution in [1.82, 2.24) is 0 Å². The third-order valence-electron chi connectivity index (χ3n) is 3.26. The molecule has 2 nitrogen and oxygen atoms in total. The van der Waals surface area contributed by atoms with Crippen LogP contribution in [0.15, 0.2) is 36.4 Å². The third kappa shape index (κ3) is 7.03. The van der Waals surface area contributed by atoms with Gasteiger partial charge in [-0.15, -0.1) is 0 Å². The standard InChI is InChI=1S/C18H24O2/c1-2-3-4-5-6-10-13-17(19)18(20)15-14-16-11-8-7-9-12-16/h7-9,11-12,14-15H,2-6,10,13H2,1H3. The molecule has 0 fully saturated rings. The summed E-state index contributed by atoms with van der Waals surface area (Å²) in [5.74, 6) is -0.657. The predicted octanol–water partition coefficient (Wildman–Crippen LogP) is 4.59. The summed E-state index contributed by atoms with van der Waals surface area (Å²) in [5.41, 5.74) is 0.938. The van der Waals surface area contributed by atoms with Gasteiger partial charge in [0, 0.05) is 6.42 Å². The molecule has 1 aromatic rings. The van der Waals surface area contributed by atoms with Crippen LogP contribution in [0.2, 0.25) is 0 Å². The van der Waals surface area contributed by atoms with Gasteiger partial charge in [-0.05, 0) is 18.1 Å². The minimum absolute atomic E-state index is 0.271. The fourth-order valence-electron chi connectivity index (χ4n) is 2.02. The van der Waals surface area contributed by atoms with Gasteiger partial charge >= 0.3 is 0 Å². The molecule has 2 heteroatoms. The molecule has 20 heavy (non-hydrogen) atoms. The molecule has 108 valence electrons. The summed E-state index contributed by atoms with van der Waals surface area (Å²) < 4.78 is 0. The topological polar surface area (TPSA) is 34.1 Å². The highest BCUT2D eigenvalue weighted by Crippen LogP contribution is 2.08. The van der Waals surface area contributed by atoms with Gasteiger partial charge in [0.25, 0.3) is 0 Å². The first kappa shape index (κ1) is 16.4. The molecule has 0 spiro atoms. The van der Waals surface area contributed by atoms with E-state index in [-0.39, 0.29) is 11.6 Å². The number of benzene rings is 1. The van der Waals surface area contributed by atoms with Crippen molar-refractivity contribution in [2.45, 2.75) is 51.9 Å². The summed E-state index contributed by atoms with van der Waals surface area (Å²) in [6.45, 7) is 2.18. The molecule has 0 aromatic heterocycles. The number of Topliss-reactive ketones (excluding diaryl/α,β-unsaturated/α-hetero) is 1. The van der Waals surface area contributed by atoms with E-state index < -0.39 is 0 Å². The first-order valence-electron chi connectivity index (χ1n) is 7.54. The van der Waals surface area contributed by atoms with Crippen LogP contribution in [0.4, 0.5) is 0 Å². The molecular formula is C18H24O2. The van der Waals surface area contributed by atoms with Crippen LogP contribution in [0.25, 0.3) is 6.08 Å². The zero-order chi connectivity index (χ0) is 14.6. The normalized spacial score (nSPS) is 10.8. The van der Waals surface area contributed by atoms with Crippen molar-refractivity contribution in [2.24, 2.45) is 0 Å². The molecule has 0 aliphatic carbocycles. The molecule has 0 aliphatic rings. The lowest BCUT2D eigenvalue weighted by molar-refractivity contribution is -0.133. The summed E-state index contributed by atoms with van der Waals surface area (Å²) in [4.78, 5) is 23.3. The second-order valence-corrected chi connectivity index (χ2v) is 5.05. The van der Waals surface area contributed by atoms with Crippen LogP contribution in [0.5, 0.6) is 0 Å². The lowest BCUT2D eigenvalue weighted by Gasteiger charge is -1.99. The predicted molar refractivity (Wildman–Crippen MR) is 83.5 cm³/mol. The quantitative estimate of drug-likeness (QED) is 0.355. The van der Waals surface area contributed by atoms with E-state index in [1.54, 1.807) is 6.08 Å². The molecule has 0 radical (unpaired) electrons. The average Bonchev–Trinajstić information content (AvgIpc) is 2.49. The zero-order valence-corrected chi connectivity index (χ0v) is 12.3. The molecule has 1 rings (SSSR count). The van der Waals surface area contributed by atoms with Crippen LogP contribution in [0.1, 0.15) is 57.4 Å². The van der Waals surface area contributed by atoms with E-state index in [9.17, 15) is 9.59 Å². The number of allylic oxidation sites excluding steroid dienone is 1. The van der Waals surface area contributed by atoms with Crippen molar-refractivity contribution in [2.75, 3.05) is 0 Å². The van der Waals surface area contributed by atoms with E-state index in [0.717, 1.165) is 24.8 Å². The lowest BCUT2D eigenvalue weighted by Crippen LogP contribution is -2.10. The maximum atomic E-state index is 11.7. The van der Waals surface area contributed by atoms with Gasteiger partial charge in [-0.25, -0.2) is 0 Å². The Morgan fingerprint density at radius 2 is 1.60 bits per heavy atom. The Morgan fingerprint density at radius 3 is 2.30 bits per heavy atom. The van der Waals surface area contributed by atoms with E-state index in [2.05, 4.69) is 6.92 Å².